The minimum Gasteiger partial charge on any atom is -0.507 e. The molecular weight excluding hydrogens is 562 g/mol. The zero-order valence-corrected chi connectivity index (χ0v) is 23.9. The summed E-state index contributed by atoms with van der Waals surface area (Å²) in [6.45, 7) is 2.55. The number of anilines is 1. The summed E-state index contributed by atoms with van der Waals surface area (Å²) in [5, 5.41) is 30.3. The number of thioether (sulfide) groups is 1. The highest BCUT2D eigenvalue weighted by atomic mass is 32.2. The summed E-state index contributed by atoms with van der Waals surface area (Å²) < 4.78 is 11.5. The van der Waals surface area contributed by atoms with E-state index in [2.05, 4.69) is 10.2 Å². The number of nitrogens with zero attached hydrogens (tertiary/aromatic N) is 3. The molecule has 4 aromatic rings. The molecule has 5 rings (SSSR count). The number of hydrogen-bond donors (Lipinski definition) is 2. The molecule has 1 unspecified atom stereocenters. The Morgan fingerprint density at radius 2 is 1.80 bits per heavy atom. The van der Waals surface area contributed by atoms with Gasteiger partial charge in [0.25, 0.3) is 5.78 Å². The predicted molar refractivity (Wildman–Crippen MR) is 158 cm³/mol. The highest BCUT2D eigenvalue weighted by Gasteiger charge is 2.48. The van der Waals surface area contributed by atoms with Gasteiger partial charge >= 0.3 is 5.91 Å². The van der Waals surface area contributed by atoms with Crippen molar-refractivity contribution in [3.05, 3.63) is 95.1 Å². The van der Waals surface area contributed by atoms with Crippen molar-refractivity contribution in [2.45, 2.75) is 29.5 Å². The van der Waals surface area contributed by atoms with Crippen molar-refractivity contribution in [2.24, 2.45) is 0 Å². The molecule has 1 atom stereocenters. The first kappa shape index (κ1) is 28.2. The fourth-order valence-corrected chi connectivity index (χ4v) is 6.19. The quantitative estimate of drug-likeness (QED) is 0.0758. The van der Waals surface area contributed by atoms with Crippen molar-refractivity contribution in [1.29, 1.82) is 0 Å². The topological polar surface area (TPSA) is 122 Å². The van der Waals surface area contributed by atoms with Gasteiger partial charge in [-0.3, -0.25) is 14.5 Å². The molecule has 0 saturated carbocycles. The van der Waals surface area contributed by atoms with E-state index >= 15 is 0 Å². The van der Waals surface area contributed by atoms with E-state index < -0.39 is 17.7 Å². The molecule has 1 amide bonds. The Bertz CT molecular complexity index is 1590. The molecule has 1 aliphatic rings. The molecule has 9 nitrogen and oxygen atoms in total. The molecule has 1 fully saturated rings. The van der Waals surface area contributed by atoms with Crippen LogP contribution in [0.4, 0.5) is 5.13 Å². The van der Waals surface area contributed by atoms with E-state index in [1.54, 1.807) is 30.3 Å². The third-order valence-corrected chi connectivity index (χ3v) is 8.50. The number of hydrogen-bond acceptors (Lipinski definition) is 10. The number of phenolic OH excluding ortho intramolecular Hbond substituents is 1. The molecule has 0 spiro atoms. The van der Waals surface area contributed by atoms with E-state index in [0.29, 0.717) is 33.6 Å². The number of benzene rings is 3. The zero-order valence-electron chi connectivity index (χ0n) is 22.3. The monoisotopic (exact) mass is 589 g/mol. The Kier molecular flexibility index (Phi) is 8.55. The lowest BCUT2D eigenvalue weighted by Gasteiger charge is -2.23. The molecule has 1 saturated heterocycles. The number of carbonyl (C=O) groups is 2. The van der Waals surface area contributed by atoms with Crippen molar-refractivity contribution in [1.82, 2.24) is 10.2 Å². The first-order chi connectivity index (χ1) is 19.9. The molecule has 11 heteroatoms. The number of aliphatic hydroxyl groups is 1. The van der Waals surface area contributed by atoms with Gasteiger partial charge in [0.1, 0.15) is 11.5 Å². The second kappa shape index (κ2) is 12.4. The number of Topliss-reactive ketones (excluding diaryl/α,β-unsaturated/α-hetero) is 1. The Labute approximate surface area is 245 Å². The fraction of sp³-hybridized carbons (Fsp3) is 0.200. The fourth-order valence-electron chi connectivity index (χ4n) is 4.37. The number of rotatable bonds is 10. The Hall–Kier alpha value is -4.35. The minimum atomic E-state index is -1.04. The van der Waals surface area contributed by atoms with E-state index in [-0.39, 0.29) is 28.0 Å². The maximum absolute atomic E-state index is 13.5. The van der Waals surface area contributed by atoms with E-state index in [1.165, 1.54) is 47.2 Å². The van der Waals surface area contributed by atoms with Crippen LogP contribution in [0.1, 0.15) is 36.1 Å². The van der Waals surface area contributed by atoms with Crippen molar-refractivity contribution in [3.8, 4) is 17.2 Å². The van der Waals surface area contributed by atoms with Crippen LogP contribution in [0.3, 0.4) is 0 Å². The largest absolute Gasteiger partial charge is 0.507 e. The lowest BCUT2D eigenvalue weighted by atomic mass is 9.95. The van der Waals surface area contributed by atoms with Gasteiger partial charge in [-0.1, -0.05) is 66.4 Å². The molecule has 210 valence electrons. The number of amides is 1. The number of aliphatic hydroxyl groups excluding tert-OH is 1. The molecule has 2 heterocycles. The van der Waals surface area contributed by atoms with Crippen LogP contribution < -0.4 is 14.4 Å². The van der Waals surface area contributed by atoms with Crippen LogP contribution in [0.5, 0.6) is 17.2 Å². The maximum Gasteiger partial charge on any atom is 0.301 e. The van der Waals surface area contributed by atoms with Gasteiger partial charge in [-0.2, -0.15) is 0 Å². The molecule has 1 aromatic heterocycles. The number of ether oxygens (including phenoxy) is 2. The van der Waals surface area contributed by atoms with Crippen LogP contribution in [0, 0.1) is 0 Å². The summed E-state index contributed by atoms with van der Waals surface area (Å²) in [6.07, 6.45) is 0.847. The van der Waals surface area contributed by atoms with Gasteiger partial charge in [-0.25, -0.2) is 0 Å². The molecule has 1 aliphatic heterocycles. The average molecular weight is 590 g/mol. The first-order valence-corrected chi connectivity index (χ1v) is 14.6. The number of phenols is 1. The number of ketones is 1. The number of carbonyl (C=O) groups excluding carboxylic acids is 2. The van der Waals surface area contributed by atoms with Gasteiger partial charge in [-0.15, -0.1) is 10.2 Å². The molecule has 0 radical (unpaired) electrons. The standard InChI is InChI=1S/C30H27N3O6S2/c1-3-15-39-21-12-9-19(10-13-21)26(35)24-25(20-11-14-22(34)23(16-20)38-2)33(28(37)27(24)36)29-31-32-30(41-29)40-17-18-7-5-4-6-8-18/h4-14,16,25,34-35H,3,15,17H2,1-2H3/b26-24+. The SMILES string of the molecule is CCCOc1ccc(/C(O)=C2\C(=O)C(=O)N(c3nnc(SCc4ccccc4)s3)C2c2ccc(O)c(OC)c2)cc1. The van der Waals surface area contributed by atoms with E-state index in [0.717, 1.165) is 12.0 Å². The minimum absolute atomic E-state index is 0.105. The second-order valence-electron chi connectivity index (χ2n) is 9.10. The number of methoxy groups -OCH3 is 1. The van der Waals surface area contributed by atoms with Crippen LogP contribution in [-0.4, -0.2) is 45.8 Å². The van der Waals surface area contributed by atoms with Gasteiger partial charge in [0.15, 0.2) is 15.8 Å². The van der Waals surface area contributed by atoms with Gasteiger partial charge in [0, 0.05) is 11.3 Å². The molecular formula is C30H27N3O6S2. The van der Waals surface area contributed by atoms with Gasteiger partial charge in [-0.05, 0) is 53.9 Å². The number of aromatic hydroxyl groups is 1. The van der Waals surface area contributed by atoms with Gasteiger partial charge < -0.3 is 19.7 Å². The lowest BCUT2D eigenvalue weighted by Crippen LogP contribution is -2.29. The molecule has 0 aliphatic carbocycles. The molecule has 2 N–H and O–H groups in total. The molecule has 3 aromatic carbocycles. The third-order valence-electron chi connectivity index (χ3n) is 6.37. The molecule has 41 heavy (non-hydrogen) atoms. The second-order valence-corrected chi connectivity index (χ2v) is 11.3. The van der Waals surface area contributed by atoms with Crippen LogP contribution in [-0.2, 0) is 15.3 Å². The van der Waals surface area contributed by atoms with E-state index in [9.17, 15) is 19.8 Å². The van der Waals surface area contributed by atoms with Crippen molar-refractivity contribution < 1.29 is 29.3 Å². The lowest BCUT2D eigenvalue weighted by molar-refractivity contribution is -0.132. The number of aromatic nitrogens is 2. The summed E-state index contributed by atoms with van der Waals surface area (Å²) in [4.78, 5) is 28.2. The smallest absolute Gasteiger partial charge is 0.301 e. The highest BCUT2D eigenvalue weighted by Crippen LogP contribution is 2.45. The highest BCUT2D eigenvalue weighted by molar-refractivity contribution is 8.00. The maximum atomic E-state index is 13.5. The first-order valence-electron chi connectivity index (χ1n) is 12.8. The normalized spacial score (nSPS) is 16.2. The summed E-state index contributed by atoms with van der Waals surface area (Å²) in [7, 11) is 1.40. The van der Waals surface area contributed by atoms with Gasteiger partial charge in [0.2, 0.25) is 5.13 Å². The van der Waals surface area contributed by atoms with Crippen LogP contribution in [0.15, 0.2) is 82.7 Å². The van der Waals surface area contributed by atoms with Crippen molar-refractivity contribution >= 4 is 45.7 Å². The third kappa shape index (κ3) is 5.91. The van der Waals surface area contributed by atoms with Crippen molar-refractivity contribution in [3.63, 3.8) is 0 Å². The van der Waals surface area contributed by atoms with Gasteiger partial charge in [0.05, 0.1) is 25.3 Å². The summed E-state index contributed by atoms with van der Waals surface area (Å²) in [6, 6.07) is 20.0. The Morgan fingerprint density at radius 3 is 2.51 bits per heavy atom. The predicted octanol–water partition coefficient (Wildman–Crippen LogP) is 5.96. The van der Waals surface area contributed by atoms with E-state index in [4.69, 9.17) is 9.47 Å². The summed E-state index contributed by atoms with van der Waals surface area (Å²) >= 11 is 2.64. The van der Waals surface area contributed by atoms with Crippen LogP contribution in [0.2, 0.25) is 0 Å². The Morgan fingerprint density at radius 1 is 1.05 bits per heavy atom. The molecule has 0 bridgehead atoms. The zero-order chi connectivity index (χ0) is 28.9. The Balaban J connectivity index is 1.55. The van der Waals surface area contributed by atoms with Crippen LogP contribution in [0.25, 0.3) is 5.76 Å². The summed E-state index contributed by atoms with van der Waals surface area (Å²) in [5.74, 6) is -0.716. The van der Waals surface area contributed by atoms with E-state index in [1.807, 2.05) is 37.3 Å². The van der Waals surface area contributed by atoms with Crippen LogP contribution >= 0.6 is 23.1 Å². The van der Waals surface area contributed by atoms with Crippen molar-refractivity contribution in [2.75, 3.05) is 18.6 Å². The average Bonchev–Trinajstić information content (AvgIpc) is 3.57. The summed E-state index contributed by atoms with van der Waals surface area (Å²) in [5.41, 5.74) is 1.78.